The minimum Gasteiger partial charge on any atom is -0.457 e. The average molecular weight is 467 g/mol. The molecule has 2 aromatic rings. The van der Waals surface area contributed by atoms with E-state index in [4.69, 9.17) is 4.74 Å². The van der Waals surface area contributed by atoms with E-state index in [9.17, 15) is 19.2 Å². The van der Waals surface area contributed by atoms with Gasteiger partial charge in [0.25, 0.3) is 5.91 Å². The van der Waals surface area contributed by atoms with Gasteiger partial charge in [-0.3, -0.25) is 14.4 Å². The number of Topliss-reactive ketones (excluding diaryl/α,β-unsaturated/α-hetero) is 1. The Kier molecular flexibility index (Phi) is 9.54. The number of ether oxygens (including phenoxy) is 1. The molecule has 0 aliphatic heterocycles. The van der Waals surface area contributed by atoms with Crippen LogP contribution in [0.25, 0.3) is 0 Å². The average Bonchev–Trinajstić information content (AvgIpc) is 2.82. The molecule has 0 N–H and O–H groups in total. The maximum atomic E-state index is 13.2. The zero-order valence-corrected chi connectivity index (χ0v) is 20.9. The molecule has 34 heavy (non-hydrogen) atoms. The quantitative estimate of drug-likeness (QED) is 0.297. The van der Waals surface area contributed by atoms with Crippen LogP contribution in [-0.4, -0.2) is 48.7 Å². The van der Waals surface area contributed by atoms with Crippen molar-refractivity contribution in [3.63, 3.8) is 0 Å². The maximum absolute atomic E-state index is 13.2. The second kappa shape index (κ2) is 12.1. The zero-order valence-electron chi connectivity index (χ0n) is 20.9. The molecule has 0 bridgehead atoms. The molecule has 0 fully saturated rings. The van der Waals surface area contributed by atoms with E-state index in [0.29, 0.717) is 24.1 Å². The fourth-order valence-electron chi connectivity index (χ4n) is 3.43. The summed E-state index contributed by atoms with van der Waals surface area (Å²) in [5, 5.41) is 0. The Morgan fingerprint density at radius 2 is 1.50 bits per heavy atom. The Hall–Kier alpha value is -3.48. The predicted octanol–water partition coefficient (Wildman–Crippen LogP) is 4.23. The van der Waals surface area contributed by atoms with Gasteiger partial charge in [-0.1, -0.05) is 32.0 Å². The van der Waals surface area contributed by atoms with Crippen molar-refractivity contribution >= 4 is 29.3 Å². The normalized spacial score (nSPS) is 10.7. The lowest BCUT2D eigenvalue weighted by atomic mass is 10.1. The Morgan fingerprint density at radius 1 is 0.882 bits per heavy atom. The lowest BCUT2D eigenvalue weighted by Gasteiger charge is -2.24. The molecule has 0 spiro atoms. The van der Waals surface area contributed by atoms with Crippen LogP contribution in [0.5, 0.6) is 0 Å². The van der Waals surface area contributed by atoms with Gasteiger partial charge in [-0.15, -0.1) is 0 Å². The first-order valence-corrected chi connectivity index (χ1v) is 11.5. The molecule has 0 aromatic heterocycles. The molecule has 0 saturated heterocycles. The van der Waals surface area contributed by atoms with Crippen LogP contribution in [0.4, 0.5) is 5.69 Å². The highest BCUT2D eigenvalue weighted by Crippen LogP contribution is 2.21. The Morgan fingerprint density at radius 3 is 2.03 bits per heavy atom. The van der Waals surface area contributed by atoms with E-state index in [2.05, 4.69) is 0 Å². The first-order valence-electron chi connectivity index (χ1n) is 11.5. The van der Waals surface area contributed by atoms with Gasteiger partial charge in [-0.05, 0) is 67.6 Å². The minimum atomic E-state index is -0.986. The van der Waals surface area contributed by atoms with Crippen LogP contribution in [0.1, 0.15) is 60.2 Å². The lowest BCUT2D eigenvalue weighted by molar-refractivity contribution is -0.158. The van der Waals surface area contributed by atoms with E-state index in [1.54, 1.807) is 38.4 Å². The highest BCUT2D eigenvalue weighted by molar-refractivity contribution is 6.37. The Bertz CT molecular complexity index is 1040. The van der Waals surface area contributed by atoms with Crippen LogP contribution < -0.4 is 4.90 Å². The van der Waals surface area contributed by atoms with Crippen molar-refractivity contribution in [2.24, 2.45) is 0 Å². The summed E-state index contributed by atoms with van der Waals surface area (Å²) in [6.45, 7) is 7.95. The third kappa shape index (κ3) is 7.01. The molecule has 7 heteroatoms. The molecule has 0 saturated carbocycles. The number of nitrogens with zero attached hydrogens (tertiary/aromatic N) is 2. The molecule has 0 heterocycles. The van der Waals surface area contributed by atoms with Crippen LogP contribution in [-0.2, 0) is 25.7 Å². The topological polar surface area (TPSA) is 84.0 Å². The van der Waals surface area contributed by atoms with Crippen molar-refractivity contribution < 1.29 is 23.9 Å². The standard InChI is InChI=1S/C27H34N2O5/c1-7-23(8-2)34-27(33)24(30)16-25(31)29(17-20-10-9-18(3)19(4)15-20)22-13-11-21(12-14-22)26(32)28(5)6/h9-15,23H,7-8,16-17H2,1-6H3. The number of rotatable bonds is 10. The number of amides is 2. The first kappa shape index (κ1) is 26.8. The van der Waals surface area contributed by atoms with Crippen LogP contribution in [0.3, 0.4) is 0 Å². The van der Waals surface area contributed by atoms with E-state index in [1.807, 2.05) is 45.9 Å². The number of anilines is 1. The van der Waals surface area contributed by atoms with Crippen molar-refractivity contribution in [1.29, 1.82) is 0 Å². The molecule has 2 aromatic carbocycles. The summed E-state index contributed by atoms with van der Waals surface area (Å²) in [7, 11) is 3.33. The fourth-order valence-corrected chi connectivity index (χ4v) is 3.43. The monoisotopic (exact) mass is 466 g/mol. The van der Waals surface area contributed by atoms with Crippen LogP contribution >= 0.6 is 0 Å². The summed E-state index contributed by atoms with van der Waals surface area (Å²) in [5.41, 5.74) is 4.11. The third-order valence-electron chi connectivity index (χ3n) is 5.77. The number of carbonyl (C=O) groups excluding carboxylic acids is 4. The van der Waals surface area contributed by atoms with Gasteiger partial charge >= 0.3 is 5.97 Å². The van der Waals surface area contributed by atoms with Crippen molar-refractivity contribution in [3.05, 3.63) is 64.7 Å². The molecule has 0 atom stereocenters. The van der Waals surface area contributed by atoms with E-state index in [0.717, 1.165) is 16.7 Å². The molecule has 0 aliphatic rings. The van der Waals surface area contributed by atoms with Crippen LogP contribution in [0, 0.1) is 13.8 Å². The summed E-state index contributed by atoms with van der Waals surface area (Å²) in [4.78, 5) is 53.0. The smallest absolute Gasteiger partial charge is 0.375 e. The number of esters is 1. The molecule has 2 amide bonds. The zero-order chi connectivity index (χ0) is 25.4. The Labute approximate surface area is 201 Å². The molecule has 2 rings (SSSR count). The molecule has 7 nitrogen and oxygen atoms in total. The summed E-state index contributed by atoms with van der Waals surface area (Å²) in [6, 6.07) is 12.5. The first-order chi connectivity index (χ1) is 16.1. The van der Waals surface area contributed by atoms with E-state index in [1.165, 1.54) is 9.80 Å². The number of ketones is 1. The van der Waals surface area contributed by atoms with Gasteiger partial charge in [0, 0.05) is 25.3 Å². The van der Waals surface area contributed by atoms with E-state index < -0.39 is 24.1 Å². The predicted molar refractivity (Wildman–Crippen MR) is 132 cm³/mol. The van der Waals surface area contributed by atoms with Gasteiger partial charge in [-0.25, -0.2) is 4.79 Å². The van der Waals surface area contributed by atoms with Crippen LogP contribution in [0.2, 0.25) is 0 Å². The summed E-state index contributed by atoms with van der Waals surface area (Å²) < 4.78 is 5.21. The highest BCUT2D eigenvalue weighted by Gasteiger charge is 2.26. The maximum Gasteiger partial charge on any atom is 0.375 e. The van der Waals surface area contributed by atoms with Gasteiger partial charge < -0.3 is 14.5 Å². The summed E-state index contributed by atoms with van der Waals surface area (Å²) >= 11 is 0. The Balaban J connectivity index is 2.29. The van der Waals surface area contributed by atoms with Gasteiger partial charge in [0.15, 0.2) is 0 Å². The van der Waals surface area contributed by atoms with Gasteiger partial charge in [-0.2, -0.15) is 0 Å². The molecule has 0 radical (unpaired) electrons. The minimum absolute atomic E-state index is 0.155. The van der Waals surface area contributed by atoms with Crippen LogP contribution in [0.15, 0.2) is 42.5 Å². The molecule has 182 valence electrons. The van der Waals surface area contributed by atoms with E-state index in [-0.39, 0.29) is 18.6 Å². The van der Waals surface area contributed by atoms with Gasteiger partial charge in [0.05, 0.1) is 13.0 Å². The molecule has 0 unspecified atom stereocenters. The van der Waals surface area contributed by atoms with Crippen molar-refractivity contribution in [2.45, 2.75) is 59.6 Å². The van der Waals surface area contributed by atoms with E-state index >= 15 is 0 Å². The summed E-state index contributed by atoms with van der Waals surface area (Å²) in [5.74, 6) is -2.53. The number of hydrogen-bond acceptors (Lipinski definition) is 5. The number of hydrogen-bond donors (Lipinski definition) is 0. The summed E-state index contributed by atoms with van der Waals surface area (Å²) in [6.07, 6.45) is 0.253. The van der Waals surface area contributed by atoms with Crippen molar-refractivity contribution in [1.82, 2.24) is 4.90 Å². The second-order valence-electron chi connectivity index (χ2n) is 8.59. The highest BCUT2D eigenvalue weighted by atomic mass is 16.5. The second-order valence-corrected chi connectivity index (χ2v) is 8.59. The molecular formula is C27H34N2O5. The number of aryl methyl sites for hydroxylation is 2. The van der Waals surface area contributed by atoms with Gasteiger partial charge in [0.1, 0.15) is 6.10 Å². The van der Waals surface area contributed by atoms with Crippen molar-refractivity contribution in [2.75, 3.05) is 19.0 Å². The SMILES string of the molecule is CCC(CC)OC(=O)C(=O)CC(=O)N(Cc1ccc(C)c(C)c1)c1ccc(C(=O)N(C)C)cc1. The molecule has 0 aliphatic carbocycles. The number of carbonyl (C=O) groups is 4. The molecular weight excluding hydrogens is 432 g/mol. The third-order valence-corrected chi connectivity index (χ3v) is 5.77. The van der Waals surface area contributed by atoms with Crippen molar-refractivity contribution in [3.8, 4) is 0 Å². The number of benzene rings is 2. The van der Waals surface area contributed by atoms with Gasteiger partial charge in [0.2, 0.25) is 11.7 Å². The largest absolute Gasteiger partial charge is 0.457 e. The fraction of sp³-hybridized carbons (Fsp3) is 0.407. The lowest BCUT2D eigenvalue weighted by Crippen LogP contribution is -2.34.